The Kier molecular flexibility index (Phi) is 9.68. The summed E-state index contributed by atoms with van der Waals surface area (Å²) in [5, 5.41) is 10.5. The molecule has 0 aliphatic carbocycles. The Balaban J connectivity index is 1.82. The van der Waals surface area contributed by atoms with Crippen LogP contribution >= 0.6 is 0 Å². The van der Waals surface area contributed by atoms with Crippen LogP contribution in [0.2, 0.25) is 0 Å². The maximum absolute atomic E-state index is 14.9. The van der Waals surface area contributed by atoms with Gasteiger partial charge in [-0.2, -0.15) is 0 Å². The van der Waals surface area contributed by atoms with Gasteiger partial charge in [-0.05, 0) is 69.4 Å². The van der Waals surface area contributed by atoms with Gasteiger partial charge >= 0.3 is 5.97 Å². The summed E-state index contributed by atoms with van der Waals surface area (Å²) in [4.78, 5) is 46.5. The van der Waals surface area contributed by atoms with Crippen molar-refractivity contribution in [2.45, 2.75) is 96.4 Å². The summed E-state index contributed by atoms with van der Waals surface area (Å²) in [5.74, 6) is -2.85. The molecule has 230 valence electrons. The molecule has 1 N–H and O–H groups in total. The Morgan fingerprint density at radius 2 is 1.88 bits per heavy atom. The van der Waals surface area contributed by atoms with Crippen molar-refractivity contribution in [2.75, 3.05) is 24.7 Å². The van der Waals surface area contributed by atoms with Gasteiger partial charge in [0, 0.05) is 12.2 Å². The highest BCUT2D eigenvalue weighted by Gasteiger charge is 2.79. The molecule has 6 atom stereocenters. The first-order valence-electron chi connectivity index (χ1n) is 15.4. The van der Waals surface area contributed by atoms with Crippen LogP contribution < -0.4 is 4.90 Å². The van der Waals surface area contributed by atoms with E-state index in [1.165, 1.54) is 0 Å². The molecule has 1 aromatic rings. The third-order valence-electron chi connectivity index (χ3n) is 9.75. The van der Waals surface area contributed by atoms with E-state index in [2.05, 4.69) is 13.2 Å². The van der Waals surface area contributed by atoms with Crippen molar-refractivity contribution in [3.8, 4) is 0 Å². The second-order valence-electron chi connectivity index (χ2n) is 12.5. The first-order chi connectivity index (χ1) is 20.0. The highest BCUT2D eigenvalue weighted by Crippen LogP contribution is 2.65. The third kappa shape index (κ3) is 5.11. The lowest BCUT2D eigenvalue weighted by atomic mass is 9.65. The number of anilines is 1. The molecule has 0 aromatic heterocycles. The summed E-state index contributed by atoms with van der Waals surface area (Å²) in [6.07, 6.45) is 7.46. The molecule has 2 bridgehead atoms. The molecule has 2 unspecified atom stereocenters. The van der Waals surface area contributed by atoms with Gasteiger partial charge in [0.05, 0.1) is 30.8 Å². The SMILES string of the molecule is C=CCCCCOC(=O)[C@@H]1[C@H]2C(=O)N([C@@H](CO)C(C)C)C(C(=O)N(CC=C)c3c(C)cccc3C)C23CC[C@@]1(CC)O3. The van der Waals surface area contributed by atoms with E-state index < -0.39 is 41.1 Å². The number of amides is 2. The largest absolute Gasteiger partial charge is 0.465 e. The number of carbonyl (C=O) groups excluding carboxylic acids is 3. The van der Waals surface area contributed by atoms with Crippen LogP contribution in [0.3, 0.4) is 0 Å². The monoisotopic (exact) mass is 580 g/mol. The zero-order valence-corrected chi connectivity index (χ0v) is 25.9. The van der Waals surface area contributed by atoms with Crippen LogP contribution in [-0.2, 0) is 23.9 Å². The highest BCUT2D eigenvalue weighted by atomic mass is 16.6. The quantitative estimate of drug-likeness (QED) is 0.191. The van der Waals surface area contributed by atoms with Crippen LogP contribution in [0.1, 0.15) is 70.4 Å². The average molecular weight is 581 g/mol. The Labute approximate surface area is 250 Å². The van der Waals surface area contributed by atoms with Gasteiger partial charge in [0.25, 0.3) is 5.91 Å². The van der Waals surface area contributed by atoms with Crippen LogP contribution in [0.5, 0.6) is 0 Å². The topological polar surface area (TPSA) is 96.4 Å². The van der Waals surface area contributed by atoms with E-state index in [0.29, 0.717) is 25.7 Å². The smallest absolute Gasteiger partial charge is 0.312 e. The minimum Gasteiger partial charge on any atom is -0.465 e. The van der Waals surface area contributed by atoms with Crippen LogP contribution in [-0.4, -0.2) is 70.8 Å². The second-order valence-corrected chi connectivity index (χ2v) is 12.5. The number of hydrogen-bond acceptors (Lipinski definition) is 6. The predicted molar refractivity (Wildman–Crippen MR) is 163 cm³/mol. The number of aryl methyl sites for hydroxylation is 2. The summed E-state index contributed by atoms with van der Waals surface area (Å²) in [5.41, 5.74) is 0.550. The Morgan fingerprint density at radius 1 is 1.19 bits per heavy atom. The van der Waals surface area contributed by atoms with Crippen LogP contribution in [0.15, 0.2) is 43.5 Å². The number of aliphatic hydroxyl groups is 1. The van der Waals surface area contributed by atoms with E-state index in [1.807, 2.05) is 58.9 Å². The molecule has 3 aliphatic heterocycles. The number of rotatable bonds is 14. The van der Waals surface area contributed by atoms with Gasteiger partial charge in [-0.25, -0.2) is 0 Å². The molecule has 0 saturated carbocycles. The van der Waals surface area contributed by atoms with Gasteiger partial charge in [-0.3, -0.25) is 14.4 Å². The number of likely N-dealkylation sites (tertiary alicyclic amines) is 1. The van der Waals surface area contributed by atoms with Crippen molar-refractivity contribution in [2.24, 2.45) is 17.8 Å². The molecular formula is C34H48N2O6. The number of allylic oxidation sites excluding steroid dienone is 1. The summed E-state index contributed by atoms with van der Waals surface area (Å²) in [6.45, 7) is 17.6. The molecule has 1 spiro atoms. The van der Waals surface area contributed by atoms with Crippen molar-refractivity contribution < 1.29 is 29.0 Å². The number of aliphatic hydroxyl groups excluding tert-OH is 1. The van der Waals surface area contributed by atoms with E-state index >= 15 is 0 Å². The van der Waals surface area contributed by atoms with Gasteiger partial charge in [0.1, 0.15) is 17.6 Å². The third-order valence-corrected chi connectivity index (χ3v) is 9.75. The molecule has 3 aliphatic rings. The summed E-state index contributed by atoms with van der Waals surface area (Å²) < 4.78 is 12.7. The lowest BCUT2D eigenvalue weighted by Crippen LogP contribution is -2.60. The molecule has 0 radical (unpaired) electrons. The van der Waals surface area contributed by atoms with Crippen molar-refractivity contribution in [1.29, 1.82) is 0 Å². The van der Waals surface area contributed by atoms with Crippen molar-refractivity contribution in [3.63, 3.8) is 0 Å². The molecule has 4 rings (SSSR count). The highest BCUT2D eigenvalue weighted by molar-refractivity contribution is 6.05. The average Bonchev–Trinajstić information content (AvgIpc) is 3.56. The Hall–Kier alpha value is -2.97. The predicted octanol–water partition coefficient (Wildman–Crippen LogP) is 4.89. The van der Waals surface area contributed by atoms with Gasteiger partial charge in [-0.15, -0.1) is 13.2 Å². The number of benzene rings is 1. The van der Waals surface area contributed by atoms with E-state index in [9.17, 15) is 19.5 Å². The van der Waals surface area contributed by atoms with E-state index in [-0.39, 0.29) is 37.5 Å². The first kappa shape index (κ1) is 32.0. The number of carbonyl (C=O) groups is 3. The fourth-order valence-corrected chi connectivity index (χ4v) is 7.72. The minimum atomic E-state index is -1.20. The van der Waals surface area contributed by atoms with Gasteiger partial charge in [0.15, 0.2) is 0 Å². The van der Waals surface area contributed by atoms with Crippen LogP contribution in [0.25, 0.3) is 0 Å². The summed E-state index contributed by atoms with van der Waals surface area (Å²) in [7, 11) is 0. The van der Waals surface area contributed by atoms with Crippen LogP contribution in [0.4, 0.5) is 5.69 Å². The number of unbranched alkanes of at least 4 members (excludes halogenated alkanes) is 2. The zero-order valence-electron chi connectivity index (χ0n) is 25.9. The lowest BCUT2D eigenvalue weighted by Gasteiger charge is -2.41. The molecule has 42 heavy (non-hydrogen) atoms. The first-order valence-corrected chi connectivity index (χ1v) is 15.4. The number of fused-ring (bicyclic) bond motifs is 1. The fourth-order valence-electron chi connectivity index (χ4n) is 7.72. The van der Waals surface area contributed by atoms with Crippen molar-refractivity contribution >= 4 is 23.5 Å². The van der Waals surface area contributed by atoms with Gasteiger partial charge in [-0.1, -0.05) is 51.1 Å². The zero-order chi connectivity index (χ0) is 30.8. The normalized spacial score (nSPS) is 28.6. The molecule has 1 aromatic carbocycles. The van der Waals surface area contributed by atoms with Crippen molar-refractivity contribution in [1.82, 2.24) is 4.90 Å². The van der Waals surface area contributed by atoms with Crippen LogP contribution in [0, 0.1) is 31.6 Å². The number of para-hydroxylation sites is 1. The second kappa shape index (κ2) is 12.7. The summed E-state index contributed by atoms with van der Waals surface area (Å²) >= 11 is 0. The molecule has 8 nitrogen and oxygen atoms in total. The molecule has 8 heteroatoms. The van der Waals surface area contributed by atoms with E-state index in [0.717, 1.165) is 29.7 Å². The number of esters is 1. The maximum Gasteiger partial charge on any atom is 0.312 e. The van der Waals surface area contributed by atoms with Gasteiger partial charge < -0.3 is 24.4 Å². The molecule has 2 amide bonds. The lowest BCUT2D eigenvalue weighted by molar-refractivity contribution is -0.162. The van der Waals surface area contributed by atoms with E-state index in [1.54, 1.807) is 15.9 Å². The minimum absolute atomic E-state index is 0.134. The standard InChI is InChI=1S/C34H48N2O6/c1-8-11-12-13-20-41-32(40)27-26-30(38)36(25(21-37)22(4)5)29(34(26)18-17-33(27,10-3)42-34)31(39)35(19-9-2)28-23(6)15-14-16-24(28)7/h8-9,14-16,22,25-27,29,37H,1-2,10-13,17-21H2,3-7H3/t25-,26-,27-,29?,33+,34?/m0/s1. The molecule has 3 fully saturated rings. The molecule has 3 saturated heterocycles. The number of nitrogens with zero attached hydrogens (tertiary/aromatic N) is 2. The summed E-state index contributed by atoms with van der Waals surface area (Å²) in [6, 6.07) is 4.24. The number of hydrogen-bond donors (Lipinski definition) is 1. The van der Waals surface area contributed by atoms with Crippen molar-refractivity contribution in [3.05, 3.63) is 54.6 Å². The Bertz CT molecular complexity index is 1190. The Morgan fingerprint density at radius 3 is 2.45 bits per heavy atom. The van der Waals surface area contributed by atoms with E-state index in [4.69, 9.17) is 9.47 Å². The maximum atomic E-state index is 14.9. The molecule has 3 heterocycles. The number of ether oxygens (including phenoxy) is 2. The van der Waals surface area contributed by atoms with Gasteiger partial charge in [0.2, 0.25) is 5.91 Å². The fraction of sp³-hybridized carbons (Fsp3) is 0.618. The molecular weight excluding hydrogens is 532 g/mol.